The van der Waals surface area contributed by atoms with Crippen molar-refractivity contribution in [1.29, 1.82) is 0 Å². The maximum absolute atomic E-state index is 13.4. The van der Waals surface area contributed by atoms with Crippen LogP contribution in [-0.4, -0.2) is 90.6 Å². The predicted molar refractivity (Wildman–Crippen MR) is 130 cm³/mol. The highest BCUT2D eigenvalue weighted by Crippen LogP contribution is 2.51. The van der Waals surface area contributed by atoms with E-state index in [9.17, 15) is 23.1 Å². The summed E-state index contributed by atoms with van der Waals surface area (Å²) in [6.45, 7) is 3.77. The number of β-amino-alcohol motifs (C(OH)–C–C–N with tert-alkyl or cyclic N) is 1. The minimum atomic E-state index is -3.41. The molecule has 194 valence electrons. The zero-order valence-electron chi connectivity index (χ0n) is 21.0. The van der Waals surface area contributed by atoms with E-state index < -0.39 is 15.6 Å². The summed E-state index contributed by atoms with van der Waals surface area (Å²) in [7, 11) is -3.41. The molecule has 2 saturated carbocycles. The first-order chi connectivity index (χ1) is 16.0. The van der Waals surface area contributed by atoms with Crippen molar-refractivity contribution >= 4 is 21.8 Å². The summed E-state index contributed by atoms with van der Waals surface area (Å²) in [6, 6.07) is 0. The minimum absolute atomic E-state index is 0.0124. The van der Waals surface area contributed by atoms with Gasteiger partial charge < -0.3 is 14.9 Å². The molecule has 0 bridgehead atoms. The molecule has 2 heterocycles. The first-order valence-corrected chi connectivity index (χ1v) is 15.1. The largest absolute Gasteiger partial charge is 0.387 e. The molecule has 0 aromatic carbocycles. The highest BCUT2D eigenvalue weighted by Gasteiger charge is 2.56. The Hall–Kier alpha value is -1.19. The smallest absolute Gasteiger partial charge is 0.238 e. The van der Waals surface area contributed by atoms with Crippen LogP contribution in [-0.2, 0) is 19.6 Å². The maximum atomic E-state index is 13.4. The van der Waals surface area contributed by atoms with Gasteiger partial charge in [0.05, 0.1) is 24.9 Å². The Kier molecular flexibility index (Phi) is 7.65. The van der Waals surface area contributed by atoms with Crippen molar-refractivity contribution in [3.63, 3.8) is 0 Å². The number of piperazine rings is 1. The Bertz CT molecular complexity index is 866. The second-order valence-electron chi connectivity index (χ2n) is 11.6. The molecule has 2 aliphatic heterocycles. The van der Waals surface area contributed by atoms with Crippen molar-refractivity contribution in [2.24, 2.45) is 17.3 Å². The van der Waals surface area contributed by atoms with E-state index in [4.69, 9.17) is 0 Å². The Morgan fingerprint density at radius 2 is 1.74 bits per heavy atom. The van der Waals surface area contributed by atoms with Gasteiger partial charge in [0.25, 0.3) is 0 Å². The molecule has 8 nitrogen and oxygen atoms in total. The van der Waals surface area contributed by atoms with E-state index in [1.807, 2.05) is 4.90 Å². The van der Waals surface area contributed by atoms with E-state index in [0.717, 1.165) is 38.4 Å². The van der Waals surface area contributed by atoms with Crippen LogP contribution in [0.5, 0.6) is 0 Å². The summed E-state index contributed by atoms with van der Waals surface area (Å²) < 4.78 is 24.9. The summed E-state index contributed by atoms with van der Waals surface area (Å²) in [6.07, 6.45) is 12.7. The summed E-state index contributed by atoms with van der Waals surface area (Å²) in [5.74, 6) is 0.638. The van der Waals surface area contributed by atoms with E-state index >= 15 is 0 Å². The number of hydrogen-bond donors (Lipinski definition) is 1. The highest BCUT2D eigenvalue weighted by atomic mass is 32.2. The number of hydrogen-bond acceptors (Lipinski definition) is 5. The van der Waals surface area contributed by atoms with E-state index in [0.29, 0.717) is 32.0 Å². The van der Waals surface area contributed by atoms with Crippen LogP contribution >= 0.6 is 0 Å². The first kappa shape index (κ1) is 25.9. The summed E-state index contributed by atoms with van der Waals surface area (Å²) in [5.41, 5.74) is -1.43. The normalized spacial score (nSPS) is 30.1. The van der Waals surface area contributed by atoms with Gasteiger partial charge in [-0.05, 0) is 31.6 Å². The van der Waals surface area contributed by atoms with Gasteiger partial charge in [-0.1, -0.05) is 51.9 Å². The van der Waals surface area contributed by atoms with Crippen molar-refractivity contribution in [2.75, 3.05) is 45.5 Å². The summed E-state index contributed by atoms with van der Waals surface area (Å²) in [5, 5.41) is 12.0. The van der Waals surface area contributed by atoms with Crippen molar-refractivity contribution in [2.45, 2.75) is 83.2 Å². The number of amides is 2. The maximum Gasteiger partial charge on any atom is 0.238 e. The second kappa shape index (κ2) is 10.1. The number of nitrogens with zero attached hydrogens (tertiary/aromatic N) is 3. The molecule has 0 aromatic heterocycles. The Morgan fingerprint density at radius 3 is 2.35 bits per heavy atom. The standard InChI is InChI=1S/C25H43N3O5S/c1-20(16-21-8-4-3-5-9-21)23(30)27-13-12-25(31,24(18-27)10-6-7-11-24)19-26-14-15-28(17-22(26)29)34(2,32)33/h20-21,31H,3-19H2,1-2H3/t20-,25?/m1/s1. The molecule has 2 saturated heterocycles. The van der Waals surface area contributed by atoms with Gasteiger partial charge in [-0.2, -0.15) is 4.31 Å². The van der Waals surface area contributed by atoms with Gasteiger partial charge in [0.1, 0.15) is 0 Å². The fraction of sp³-hybridized carbons (Fsp3) is 0.920. The van der Waals surface area contributed by atoms with E-state index in [2.05, 4.69) is 6.92 Å². The van der Waals surface area contributed by atoms with E-state index in [1.165, 1.54) is 36.4 Å². The Morgan fingerprint density at radius 1 is 1.06 bits per heavy atom. The lowest BCUT2D eigenvalue weighted by atomic mass is 9.65. The number of carbonyl (C=O) groups is 2. The molecule has 1 N–H and O–H groups in total. The topological polar surface area (TPSA) is 98.2 Å². The van der Waals surface area contributed by atoms with Gasteiger partial charge >= 0.3 is 0 Å². The number of piperidine rings is 1. The van der Waals surface area contributed by atoms with Crippen LogP contribution in [0.4, 0.5) is 0 Å². The minimum Gasteiger partial charge on any atom is -0.387 e. The van der Waals surface area contributed by atoms with Gasteiger partial charge in [0.15, 0.2) is 0 Å². The molecule has 9 heteroatoms. The number of sulfonamides is 1. The van der Waals surface area contributed by atoms with Crippen molar-refractivity contribution in [1.82, 2.24) is 14.1 Å². The molecule has 4 aliphatic rings. The number of carbonyl (C=O) groups excluding carboxylic acids is 2. The quantitative estimate of drug-likeness (QED) is 0.607. The molecule has 1 unspecified atom stereocenters. The van der Waals surface area contributed by atoms with Crippen molar-refractivity contribution < 1.29 is 23.1 Å². The van der Waals surface area contributed by atoms with E-state index in [-0.39, 0.29) is 42.8 Å². The van der Waals surface area contributed by atoms with Gasteiger partial charge in [-0.15, -0.1) is 0 Å². The Labute approximate surface area is 205 Å². The molecule has 1 spiro atoms. The molecule has 4 rings (SSSR count). The third kappa shape index (κ3) is 5.31. The van der Waals surface area contributed by atoms with Crippen LogP contribution in [0, 0.1) is 17.3 Å². The number of likely N-dealkylation sites (tertiary alicyclic amines) is 1. The SMILES string of the molecule is C[C@H](CC1CCCCC1)C(=O)N1CCC(O)(CN2CCN(S(C)(=O)=O)CC2=O)C2(CCCC2)C1. The zero-order valence-corrected chi connectivity index (χ0v) is 21.8. The van der Waals surface area contributed by atoms with Crippen LogP contribution in [0.25, 0.3) is 0 Å². The van der Waals surface area contributed by atoms with Gasteiger partial charge in [0.2, 0.25) is 21.8 Å². The average Bonchev–Trinajstić information content (AvgIpc) is 3.27. The second-order valence-corrected chi connectivity index (χ2v) is 13.6. The van der Waals surface area contributed by atoms with Crippen molar-refractivity contribution in [3.8, 4) is 0 Å². The van der Waals surface area contributed by atoms with Gasteiger partial charge in [-0.3, -0.25) is 9.59 Å². The third-order valence-corrected chi connectivity index (χ3v) is 10.4. The lowest BCUT2D eigenvalue weighted by Gasteiger charge is -2.54. The lowest BCUT2D eigenvalue weighted by molar-refractivity contribution is -0.170. The fourth-order valence-corrected chi connectivity index (χ4v) is 7.83. The summed E-state index contributed by atoms with van der Waals surface area (Å²) >= 11 is 0. The predicted octanol–water partition coefficient (Wildman–Crippen LogP) is 2.22. The fourth-order valence-electron chi connectivity index (χ4n) is 7.08. The van der Waals surface area contributed by atoms with Crippen LogP contribution in [0.3, 0.4) is 0 Å². The van der Waals surface area contributed by atoms with Gasteiger partial charge in [-0.25, -0.2) is 8.42 Å². The third-order valence-electron chi connectivity index (χ3n) is 9.19. The van der Waals surface area contributed by atoms with E-state index in [1.54, 1.807) is 4.90 Å². The number of rotatable bonds is 6. The average molecular weight is 498 g/mol. The van der Waals surface area contributed by atoms with Crippen molar-refractivity contribution in [3.05, 3.63) is 0 Å². The molecule has 2 atom stereocenters. The molecule has 34 heavy (non-hydrogen) atoms. The number of aliphatic hydroxyl groups is 1. The molecule has 0 radical (unpaired) electrons. The summed E-state index contributed by atoms with van der Waals surface area (Å²) in [4.78, 5) is 29.8. The zero-order chi connectivity index (χ0) is 24.6. The molecule has 2 amide bonds. The van der Waals surface area contributed by atoms with Crippen LogP contribution in [0.2, 0.25) is 0 Å². The molecule has 0 aromatic rings. The lowest BCUT2D eigenvalue weighted by Crippen LogP contribution is -2.66. The van der Waals surface area contributed by atoms with Gasteiger partial charge in [0, 0.05) is 37.5 Å². The molecule has 4 fully saturated rings. The molecular formula is C25H43N3O5S. The van der Waals surface area contributed by atoms with Crippen LogP contribution in [0.1, 0.15) is 77.6 Å². The Balaban J connectivity index is 1.42. The molecular weight excluding hydrogens is 454 g/mol. The monoisotopic (exact) mass is 497 g/mol. The molecule has 2 aliphatic carbocycles. The first-order valence-electron chi connectivity index (χ1n) is 13.3. The van der Waals surface area contributed by atoms with Crippen LogP contribution in [0.15, 0.2) is 0 Å². The highest BCUT2D eigenvalue weighted by molar-refractivity contribution is 7.88. The van der Waals surface area contributed by atoms with Crippen LogP contribution < -0.4 is 0 Å².